The number of aromatic nitrogens is 5. The number of anilines is 1. The highest BCUT2D eigenvalue weighted by atomic mass is 32.1. The van der Waals surface area contributed by atoms with Gasteiger partial charge >= 0.3 is 17.8 Å². The fourth-order valence-corrected chi connectivity index (χ4v) is 9.83. The van der Waals surface area contributed by atoms with Crippen molar-refractivity contribution >= 4 is 97.6 Å². The summed E-state index contributed by atoms with van der Waals surface area (Å²) in [4.78, 5) is 145. The Labute approximate surface area is 470 Å². The van der Waals surface area contributed by atoms with Crippen LogP contribution in [0.2, 0.25) is 0 Å². The Morgan fingerprint density at radius 2 is 1.45 bits per heavy atom. The number of amides is 7. The Bertz CT molecular complexity index is 3650. The number of allylic oxidation sites excluding steroid dienone is 2. The van der Waals surface area contributed by atoms with Gasteiger partial charge in [0, 0.05) is 75.4 Å². The molecule has 0 spiro atoms. The summed E-state index contributed by atoms with van der Waals surface area (Å²) < 4.78 is 32.6. The number of benzene rings is 2. The third-order valence-corrected chi connectivity index (χ3v) is 13.7. The average molecular weight is 1150 g/mol. The van der Waals surface area contributed by atoms with Crippen molar-refractivity contribution in [2.24, 2.45) is 22.4 Å². The quantitative estimate of drug-likeness (QED) is 0.0202. The molecule has 4 aromatic heterocycles. The van der Waals surface area contributed by atoms with Gasteiger partial charge in [-0.25, -0.2) is 15.0 Å². The van der Waals surface area contributed by atoms with Gasteiger partial charge in [0.1, 0.15) is 28.6 Å². The van der Waals surface area contributed by atoms with Crippen LogP contribution in [0.3, 0.4) is 0 Å². The van der Waals surface area contributed by atoms with Crippen LogP contribution in [0.15, 0.2) is 62.4 Å². The molecule has 1 aliphatic rings. The van der Waals surface area contributed by atoms with E-state index in [1.54, 1.807) is 48.1 Å². The number of aliphatic carboxylic acids is 1. The number of esters is 1. The van der Waals surface area contributed by atoms with Crippen molar-refractivity contribution in [3.05, 3.63) is 99.2 Å². The Balaban J connectivity index is 1.11. The summed E-state index contributed by atoms with van der Waals surface area (Å²) in [5, 5.41) is 14.6. The molecule has 0 saturated carbocycles. The van der Waals surface area contributed by atoms with Crippen LogP contribution in [0.5, 0.6) is 11.5 Å². The molecule has 0 fully saturated rings. The number of Topliss-reactive ketones (excluding diaryl/α,β-unsaturated/α-hetero) is 1. The standard InChI is InChI=1S/C54H59N11O16S/c1-7-34-46(80-28(4)58-34)51(75)61-53-60-36-21-31(48(55)72)23-38(78-19-11-12-43(71)79-27(3)25-57-50(74)30(13-16-42(69)70)20-33(66)26-65-40(67)14-15-41(65)68)44(36)63(53)17-9-10-18-64-45-37(77-6)22-32(49(56)73)24-39(45)82-54(64)62-52(76)47-35(8-2)59-29(5)81-47/h9-10,14-15,21-24,27,30H,7-8,11-13,16-20,25-26H2,1-6H3,(H2,55,72)(H2,56,73)(H,57,74)(H,69,70)(H,60,61,75)/b10-9+,62-54?/t27-,30+/m0/s1. The van der Waals surface area contributed by atoms with Gasteiger partial charge < -0.3 is 54.1 Å². The molecule has 0 aliphatic carbocycles. The second-order valence-electron chi connectivity index (χ2n) is 18.7. The van der Waals surface area contributed by atoms with Gasteiger partial charge in [0.15, 0.2) is 22.4 Å². The number of nitrogens with one attached hydrogen (secondary N) is 2. The van der Waals surface area contributed by atoms with E-state index in [2.05, 4.69) is 30.6 Å². The topological polar surface area (TPSA) is 385 Å². The molecule has 1 aliphatic heterocycles. The van der Waals surface area contributed by atoms with Gasteiger partial charge in [0.25, 0.3) is 17.7 Å². The molecule has 0 unspecified atom stereocenters. The van der Waals surface area contributed by atoms with Crippen LogP contribution in [-0.4, -0.2) is 126 Å². The number of imide groups is 1. The highest BCUT2D eigenvalue weighted by Crippen LogP contribution is 2.33. The number of imidazole rings is 1. The first-order valence-corrected chi connectivity index (χ1v) is 26.6. The summed E-state index contributed by atoms with van der Waals surface area (Å²) in [6, 6.07) is 5.85. The average Bonchev–Trinajstić information content (AvgIpc) is 4.40. The number of nitrogens with two attached hydrogens (primary N) is 2. The summed E-state index contributed by atoms with van der Waals surface area (Å²) in [6.45, 7) is 7.49. The Kier molecular flexibility index (Phi) is 19.5. The Morgan fingerprint density at radius 1 is 0.829 bits per heavy atom. The van der Waals surface area contributed by atoms with Gasteiger partial charge in [0.2, 0.25) is 35.2 Å². The SMILES string of the molecule is CCc1nc(C)oc1C(=O)N=c1sc2cc(C(N)=O)cc(OC)c2n1C/C=C/Cn1c(NC(=O)c2oc(C)nc2CC)nc2cc(C(N)=O)cc(OCCCC(=O)O[C@@H](C)CNC(=O)[C@H](CCC(=O)O)CC(=O)CN3C(=O)C=CC3=O)c21. The normalized spacial score (nSPS) is 13.3. The zero-order valence-corrected chi connectivity index (χ0v) is 46.3. The van der Waals surface area contributed by atoms with Crippen molar-refractivity contribution in [2.75, 3.05) is 32.1 Å². The van der Waals surface area contributed by atoms with E-state index in [4.69, 9.17) is 34.5 Å². The molecule has 7 rings (SSSR count). The van der Waals surface area contributed by atoms with E-state index in [0.29, 0.717) is 50.8 Å². The van der Waals surface area contributed by atoms with Crippen LogP contribution >= 0.6 is 11.3 Å². The van der Waals surface area contributed by atoms with E-state index in [1.165, 1.54) is 32.2 Å². The van der Waals surface area contributed by atoms with Crippen LogP contribution in [-0.2, 0) is 59.4 Å². The monoisotopic (exact) mass is 1150 g/mol. The zero-order valence-electron chi connectivity index (χ0n) is 45.5. The van der Waals surface area contributed by atoms with E-state index >= 15 is 0 Å². The molecule has 82 heavy (non-hydrogen) atoms. The molecule has 0 bridgehead atoms. The van der Waals surface area contributed by atoms with Gasteiger partial charge in [-0.15, -0.1) is 0 Å². The maximum Gasteiger partial charge on any atom is 0.317 e. The third-order valence-electron chi connectivity index (χ3n) is 12.6. The lowest BCUT2D eigenvalue weighted by Crippen LogP contribution is -2.40. The second kappa shape index (κ2) is 26.6. The van der Waals surface area contributed by atoms with Crippen molar-refractivity contribution in [3.8, 4) is 11.5 Å². The number of thiazole rings is 1. The maximum atomic E-state index is 13.9. The number of carboxylic acid groups (broad SMARTS) is 1. The number of aryl methyl sites for hydroxylation is 4. The fraction of sp³-hybridized carbons (Fsp3) is 0.370. The number of carboxylic acids is 1. The lowest BCUT2D eigenvalue weighted by Gasteiger charge is -2.19. The van der Waals surface area contributed by atoms with Crippen LogP contribution in [0.1, 0.15) is 118 Å². The van der Waals surface area contributed by atoms with E-state index in [0.717, 1.165) is 23.5 Å². The number of carbonyl (C=O) groups excluding carboxylic acids is 9. The number of ketones is 1. The number of carbonyl (C=O) groups is 10. The summed E-state index contributed by atoms with van der Waals surface area (Å²) in [5.41, 5.74) is 13.4. The lowest BCUT2D eigenvalue weighted by atomic mass is 9.95. The highest BCUT2D eigenvalue weighted by molar-refractivity contribution is 7.16. The van der Waals surface area contributed by atoms with Crippen molar-refractivity contribution in [1.82, 2.24) is 34.3 Å². The van der Waals surface area contributed by atoms with Gasteiger partial charge in [-0.05, 0) is 56.9 Å². The third kappa shape index (κ3) is 14.4. The number of oxazole rings is 2. The molecule has 0 radical (unpaired) electrons. The maximum absolute atomic E-state index is 13.9. The molecule has 0 saturated heterocycles. The molecule has 5 heterocycles. The number of primary amides is 2. The minimum Gasteiger partial charge on any atom is -0.494 e. The fourth-order valence-electron chi connectivity index (χ4n) is 8.74. The summed E-state index contributed by atoms with van der Waals surface area (Å²) >= 11 is 1.10. The van der Waals surface area contributed by atoms with E-state index in [-0.39, 0.29) is 102 Å². The molecule has 2 atom stereocenters. The molecule has 6 aromatic rings. The zero-order chi connectivity index (χ0) is 59.5. The summed E-state index contributed by atoms with van der Waals surface area (Å²) in [5.74, 6) is -7.75. The first-order chi connectivity index (χ1) is 39.1. The van der Waals surface area contributed by atoms with Crippen LogP contribution < -0.4 is 36.4 Å². The molecule has 7 amide bonds. The van der Waals surface area contributed by atoms with Crippen molar-refractivity contribution in [2.45, 2.75) is 98.8 Å². The number of methoxy groups -OCH3 is 1. The van der Waals surface area contributed by atoms with Crippen LogP contribution in [0.25, 0.3) is 21.3 Å². The largest absolute Gasteiger partial charge is 0.494 e. The molecular weight excluding hydrogens is 1090 g/mol. The minimum absolute atomic E-state index is 0.00480. The van der Waals surface area contributed by atoms with Crippen molar-refractivity contribution in [3.63, 3.8) is 0 Å². The molecular formula is C54H59N11O16S. The second-order valence-corrected chi connectivity index (χ2v) is 19.7. The van der Waals surface area contributed by atoms with Gasteiger partial charge in [-0.1, -0.05) is 37.3 Å². The predicted molar refractivity (Wildman–Crippen MR) is 290 cm³/mol. The van der Waals surface area contributed by atoms with Gasteiger partial charge in [0.05, 0.1) is 48.4 Å². The number of rotatable bonds is 28. The van der Waals surface area contributed by atoms with Gasteiger partial charge in [-0.3, -0.25) is 58.2 Å². The molecule has 7 N–H and O–H groups in total. The molecule has 28 heteroatoms. The van der Waals surface area contributed by atoms with E-state index < -0.39 is 90.5 Å². The van der Waals surface area contributed by atoms with E-state index in [9.17, 15) is 53.1 Å². The van der Waals surface area contributed by atoms with Crippen molar-refractivity contribution in [1.29, 1.82) is 0 Å². The van der Waals surface area contributed by atoms with Crippen LogP contribution in [0.4, 0.5) is 5.95 Å². The Hall–Kier alpha value is -9.60. The number of nitrogens with zero attached hydrogens (tertiary/aromatic N) is 7. The lowest BCUT2D eigenvalue weighted by molar-refractivity contribution is -0.149. The molecule has 27 nitrogen and oxygen atoms in total. The number of hydrogen-bond acceptors (Lipinski definition) is 19. The summed E-state index contributed by atoms with van der Waals surface area (Å²) in [7, 11) is 1.42. The summed E-state index contributed by atoms with van der Waals surface area (Å²) in [6.07, 6.45) is 4.17. The minimum atomic E-state index is -1.21. The number of ether oxygens (including phenoxy) is 3. The Morgan fingerprint density at radius 3 is 2.09 bits per heavy atom. The first-order valence-electron chi connectivity index (χ1n) is 25.8. The predicted octanol–water partition coefficient (Wildman–Crippen LogP) is 3.80. The molecule has 2 aromatic carbocycles. The van der Waals surface area contributed by atoms with Crippen molar-refractivity contribution < 1.29 is 76.1 Å². The van der Waals surface area contributed by atoms with E-state index in [1.807, 2.05) is 6.92 Å². The number of fused-ring (bicyclic) bond motifs is 2. The first kappa shape index (κ1) is 60.0. The van der Waals surface area contributed by atoms with Crippen LogP contribution in [0, 0.1) is 19.8 Å². The molecule has 432 valence electrons. The van der Waals surface area contributed by atoms with Gasteiger partial charge in [-0.2, -0.15) is 4.99 Å². The highest BCUT2D eigenvalue weighted by Gasteiger charge is 2.30. The number of hydrogen-bond donors (Lipinski definition) is 5. The smallest absolute Gasteiger partial charge is 0.317 e.